The van der Waals surface area contributed by atoms with E-state index < -0.39 is 0 Å². The average Bonchev–Trinajstić information content (AvgIpc) is 2.45. The van der Waals surface area contributed by atoms with Crippen LogP contribution >= 0.6 is 0 Å². The van der Waals surface area contributed by atoms with E-state index in [0.29, 0.717) is 6.04 Å². The van der Waals surface area contributed by atoms with Crippen LogP contribution in [0.3, 0.4) is 0 Å². The number of nitrogens with one attached hydrogen (secondary N) is 1. The third kappa shape index (κ3) is 3.70. The molecule has 0 saturated carbocycles. The van der Waals surface area contributed by atoms with Crippen LogP contribution in [0.4, 0.5) is 0 Å². The second kappa shape index (κ2) is 6.57. The van der Waals surface area contributed by atoms with Crippen LogP contribution in [0.2, 0.25) is 0 Å². The minimum atomic E-state index is 0.0688. The first-order valence-electron chi connectivity index (χ1n) is 6.92. The molecule has 4 heteroatoms. The topological polar surface area (TPSA) is 41.6 Å². The number of ether oxygens (including phenoxy) is 1. The van der Waals surface area contributed by atoms with Crippen LogP contribution in [0.15, 0.2) is 24.3 Å². The van der Waals surface area contributed by atoms with Crippen LogP contribution in [0.25, 0.3) is 0 Å². The Labute approximate surface area is 114 Å². The maximum absolute atomic E-state index is 12.1. The summed E-state index contributed by atoms with van der Waals surface area (Å²) in [6.45, 7) is 6.69. The fourth-order valence-electron chi connectivity index (χ4n) is 2.33. The molecule has 1 aliphatic rings. The Hall–Kier alpha value is -1.55. The van der Waals surface area contributed by atoms with E-state index in [4.69, 9.17) is 4.74 Å². The van der Waals surface area contributed by atoms with Gasteiger partial charge >= 0.3 is 0 Å². The van der Waals surface area contributed by atoms with E-state index in [-0.39, 0.29) is 12.5 Å². The quantitative estimate of drug-likeness (QED) is 0.893. The molecule has 0 aromatic heterocycles. The average molecular weight is 262 g/mol. The van der Waals surface area contributed by atoms with E-state index >= 15 is 0 Å². The van der Waals surface area contributed by atoms with Gasteiger partial charge in [0.05, 0.1) is 0 Å². The molecular weight excluding hydrogens is 240 g/mol. The molecule has 0 aliphatic carbocycles. The van der Waals surface area contributed by atoms with Gasteiger partial charge < -0.3 is 15.0 Å². The van der Waals surface area contributed by atoms with Crippen molar-refractivity contribution in [3.8, 4) is 5.75 Å². The monoisotopic (exact) mass is 262 g/mol. The lowest BCUT2D eigenvalue weighted by Crippen LogP contribution is -2.52. The largest absolute Gasteiger partial charge is 0.483 e. The summed E-state index contributed by atoms with van der Waals surface area (Å²) in [5.41, 5.74) is 1.14. The molecule has 0 bridgehead atoms. The molecule has 1 amide bonds. The molecule has 1 aliphatic heterocycles. The Morgan fingerprint density at radius 2 is 2.26 bits per heavy atom. The van der Waals surface area contributed by atoms with Gasteiger partial charge in [-0.15, -0.1) is 0 Å². The van der Waals surface area contributed by atoms with E-state index in [2.05, 4.69) is 19.2 Å². The number of hydrogen-bond donors (Lipinski definition) is 1. The standard InChI is InChI=1S/C15H22N2O2/c1-3-13-6-4-5-7-14(13)19-11-15(18)17-9-8-16-12(2)10-17/h4-7,12,16H,3,8-11H2,1-2H3/t12-/m0/s1. The second-order valence-corrected chi connectivity index (χ2v) is 4.94. The summed E-state index contributed by atoms with van der Waals surface area (Å²) in [7, 11) is 0. The predicted molar refractivity (Wildman–Crippen MR) is 75.4 cm³/mol. The molecule has 104 valence electrons. The predicted octanol–water partition coefficient (Wildman–Crippen LogP) is 1.45. The highest BCUT2D eigenvalue weighted by atomic mass is 16.5. The van der Waals surface area contributed by atoms with Crippen molar-refractivity contribution in [3.05, 3.63) is 29.8 Å². The van der Waals surface area contributed by atoms with Gasteiger partial charge in [-0.2, -0.15) is 0 Å². The van der Waals surface area contributed by atoms with Gasteiger partial charge in [0.25, 0.3) is 5.91 Å². The maximum Gasteiger partial charge on any atom is 0.260 e. The number of piperazine rings is 1. The normalized spacial score (nSPS) is 19.3. The van der Waals surface area contributed by atoms with Gasteiger partial charge in [-0.1, -0.05) is 25.1 Å². The first kappa shape index (κ1) is 13.9. The highest BCUT2D eigenvalue weighted by Gasteiger charge is 2.20. The molecule has 19 heavy (non-hydrogen) atoms. The molecule has 1 saturated heterocycles. The fraction of sp³-hybridized carbons (Fsp3) is 0.533. The molecule has 0 unspecified atom stereocenters. The van der Waals surface area contributed by atoms with Gasteiger partial charge in [-0.25, -0.2) is 0 Å². The lowest BCUT2D eigenvalue weighted by atomic mass is 10.1. The van der Waals surface area contributed by atoms with Crippen LogP contribution in [0, 0.1) is 0 Å². The molecule has 0 radical (unpaired) electrons. The van der Waals surface area contributed by atoms with E-state index in [1.165, 1.54) is 0 Å². The number of aryl methyl sites for hydroxylation is 1. The molecule has 2 rings (SSSR count). The Bertz CT molecular complexity index is 434. The van der Waals surface area contributed by atoms with Crippen molar-refractivity contribution >= 4 is 5.91 Å². The van der Waals surface area contributed by atoms with Crippen LogP contribution in [-0.2, 0) is 11.2 Å². The maximum atomic E-state index is 12.1. The van der Waals surface area contributed by atoms with Crippen LogP contribution < -0.4 is 10.1 Å². The lowest BCUT2D eigenvalue weighted by molar-refractivity contribution is -0.134. The summed E-state index contributed by atoms with van der Waals surface area (Å²) in [5.74, 6) is 0.890. The number of hydrogen-bond acceptors (Lipinski definition) is 3. The van der Waals surface area contributed by atoms with Crippen LogP contribution in [0.1, 0.15) is 19.4 Å². The van der Waals surface area contributed by atoms with Gasteiger partial charge in [0.2, 0.25) is 0 Å². The van der Waals surface area contributed by atoms with Gasteiger partial charge in [0.1, 0.15) is 5.75 Å². The van der Waals surface area contributed by atoms with E-state index in [0.717, 1.165) is 37.4 Å². The third-order valence-corrected chi connectivity index (χ3v) is 3.43. The lowest BCUT2D eigenvalue weighted by Gasteiger charge is -2.31. The van der Waals surface area contributed by atoms with Gasteiger partial charge in [-0.05, 0) is 25.0 Å². The van der Waals surface area contributed by atoms with Crippen molar-refractivity contribution in [1.29, 1.82) is 0 Å². The summed E-state index contributed by atoms with van der Waals surface area (Å²) >= 11 is 0. The number of para-hydroxylation sites is 1. The zero-order valence-corrected chi connectivity index (χ0v) is 11.7. The molecule has 1 heterocycles. The Morgan fingerprint density at radius 3 is 3.00 bits per heavy atom. The number of nitrogens with zero attached hydrogens (tertiary/aromatic N) is 1. The summed E-state index contributed by atoms with van der Waals surface area (Å²) in [6.07, 6.45) is 0.912. The molecule has 4 nitrogen and oxygen atoms in total. The highest BCUT2D eigenvalue weighted by molar-refractivity contribution is 5.78. The molecule has 1 N–H and O–H groups in total. The number of carbonyl (C=O) groups is 1. The SMILES string of the molecule is CCc1ccccc1OCC(=O)N1CCN[C@@H](C)C1. The van der Waals surface area contributed by atoms with E-state index in [9.17, 15) is 4.79 Å². The molecule has 1 atom stereocenters. The number of amides is 1. The first-order valence-corrected chi connectivity index (χ1v) is 6.92. The smallest absolute Gasteiger partial charge is 0.260 e. The zero-order valence-electron chi connectivity index (χ0n) is 11.7. The van der Waals surface area contributed by atoms with Gasteiger partial charge in [0.15, 0.2) is 6.61 Å². The van der Waals surface area contributed by atoms with E-state index in [1.807, 2.05) is 29.2 Å². The molecule has 1 fully saturated rings. The first-order chi connectivity index (χ1) is 9.20. The van der Waals surface area contributed by atoms with Crippen molar-refractivity contribution < 1.29 is 9.53 Å². The van der Waals surface area contributed by atoms with Crippen molar-refractivity contribution in [1.82, 2.24) is 10.2 Å². The number of benzene rings is 1. The fourth-order valence-corrected chi connectivity index (χ4v) is 2.33. The Morgan fingerprint density at radius 1 is 1.47 bits per heavy atom. The van der Waals surface area contributed by atoms with Crippen molar-refractivity contribution in [2.45, 2.75) is 26.3 Å². The summed E-state index contributed by atoms with van der Waals surface area (Å²) in [4.78, 5) is 14.0. The molecule has 1 aromatic carbocycles. The zero-order chi connectivity index (χ0) is 13.7. The van der Waals surface area contributed by atoms with Crippen molar-refractivity contribution in [3.63, 3.8) is 0 Å². The highest BCUT2D eigenvalue weighted by Crippen LogP contribution is 2.18. The Balaban J connectivity index is 1.89. The third-order valence-electron chi connectivity index (χ3n) is 3.43. The summed E-state index contributed by atoms with van der Waals surface area (Å²) in [6, 6.07) is 8.25. The van der Waals surface area contributed by atoms with Crippen LogP contribution in [0.5, 0.6) is 5.75 Å². The number of rotatable bonds is 4. The minimum absolute atomic E-state index is 0.0688. The summed E-state index contributed by atoms with van der Waals surface area (Å²) < 4.78 is 5.67. The molecule has 1 aromatic rings. The van der Waals surface area contributed by atoms with E-state index in [1.54, 1.807) is 0 Å². The van der Waals surface area contributed by atoms with Crippen molar-refractivity contribution in [2.24, 2.45) is 0 Å². The Kier molecular flexibility index (Phi) is 4.80. The second-order valence-electron chi connectivity index (χ2n) is 4.94. The van der Waals surface area contributed by atoms with Gasteiger partial charge in [0, 0.05) is 25.7 Å². The van der Waals surface area contributed by atoms with Gasteiger partial charge in [-0.3, -0.25) is 4.79 Å². The summed E-state index contributed by atoms with van der Waals surface area (Å²) in [5, 5.41) is 3.32. The van der Waals surface area contributed by atoms with Crippen LogP contribution in [-0.4, -0.2) is 43.1 Å². The van der Waals surface area contributed by atoms with Crippen molar-refractivity contribution in [2.75, 3.05) is 26.2 Å². The molecule has 0 spiro atoms. The minimum Gasteiger partial charge on any atom is -0.483 e. The number of carbonyl (C=O) groups excluding carboxylic acids is 1. The molecular formula is C15H22N2O2.